The van der Waals surface area contributed by atoms with E-state index in [0.29, 0.717) is 6.61 Å². The van der Waals surface area contributed by atoms with E-state index in [1.807, 2.05) is 26.0 Å². The molecule has 3 rings (SSSR count). The van der Waals surface area contributed by atoms with Crippen LogP contribution >= 0.6 is 0 Å². The monoisotopic (exact) mass is 383 g/mol. The molecule has 2 aromatic carbocycles. The van der Waals surface area contributed by atoms with Gasteiger partial charge in [-0.3, -0.25) is 4.79 Å². The van der Waals surface area contributed by atoms with E-state index in [4.69, 9.17) is 4.74 Å². The van der Waals surface area contributed by atoms with Gasteiger partial charge in [-0.25, -0.2) is 4.39 Å². The van der Waals surface area contributed by atoms with E-state index in [1.165, 1.54) is 12.1 Å². The molecule has 0 aliphatic heterocycles. The summed E-state index contributed by atoms with van der Waals surface area (Å²) in [6.07, 6.45) is 5.72. The topological polar surface area (TPSA) is 38.3 Å². The fourth-order valence-electron chi connectivity index (χ4n) is 4.21. The van der Waals surface area contributed by atoms with Crippen molar-refractivity contribution in [3.63, 3.8) is 0 Å². The molecule has 0 heterocycles. The second kappa shape index (κ2) is 8.76. The standard InChI is InChI=1S/C24H30FNO2/c1-4-5-14-28-22-17(2)15-21(16-18(22)3)26-23(27)24(12-6-7-13-24)19-8-10-20(25)11-9-19/h8-11,15-16H,4-7,12-14H2,1-3H3,(H,26,27). The Bertz CT molecular complexity index is 800. The maximum absolute atomic E-state index is 13.4. The molecule has 0 radical (unpaired) electrons. The van der Waals surface area contributed by atoms with Crippen LogP contribution in [0, 0.1) is 19.7 Å². The fourth-order valence-corrected chi connectivity index (χ4v) is 4.21. The number of carbonyl (C=O) groups is 1. The summed E-state index contributed by atoms with van der Waals surface area (Å²) in [4.78, 5) is 13.3. The third kappa shape index (κ3) is 4.21. The van der Waals surface area contributed by atoms with Crippen molar-refractivity contribution in [2.75, 3.05) is 11.9 Å². The van der Waals surface area contributed by atoms with E-state index in [9.17, 15) is 9.18 Å². The first-order valence-electron chi connectivity index (χ1n) is 10.3. The van der Waals surface area contributed by atoms with Crippen LogP contribution in [0.3, 0.4) is 0 Å². The van der Waals surface area contributed by atoms with Crippen molar-refractivity contribution in [3.05, 3.63) is 58.9 Å². The summed E-state index contributed by atoms with van der Waals surface area (Å²) in [6.45, 7) is 6.86. The van der Waals surface area contributed by atoms with Gasteiger partial charge < -0.3 is 10.1 Å². The Balaban J connectivity index is 1.81. The summed E-state index contributed by atoms with van der Waals surface area (Å²) in [7, 11) is 0. The van der Waals surface area contributed by atoms with E-state index >= 15 is 0 Å². The van der Waals surface area contributed by atoms with Gasteiger partial charge in [-0.1, -0.05) is 38.3 Å². The minimum Gasteiger partial charge on any atom is -0.493 e. The van der Waals surface area contributed by atoms with Crippen molar-refractivity contribution in [1.29, 1.82) is 0 Å². The summed E-state index contributed by atoms with van der Waals surface area (Å²) in [5.41, 5.74) is 3.15. The smallest absolute Gasteiger partial charge is 0.235 e. The Labute approximate surface area is 167 Å². The van der Waals surface area contributed by atoms with Crippen LogP contribution in [0.1, 0.15) is 62.1 Å². The Morgan fingerprint density at radius 1 is 1.11 bits per heavy atom. The molecule has 0 aromatic heterocycles. The number of halogens is 1. The number of aryl methyl sites for hydroxylation is 2. The van der Waals surface area contributed by atoms with E-state index in [2.05, 4.69) is 12.2 Å². The van der Waals surface area contributed by atoms with Crippen molar-refractivity contribution in [2.45, 2.75) is 64.7 Å². The summed E-state index contributed by atoms with van der Waals surface area (Å²) in [5, 5.41) is 3.13. The molecule has 0 saturated heterocycles. The lowest BCUT2D eigenvalue weighted by atomic mass is 9.78. The third-order valence-electron chi connectivity index (χ3n) is 5.75. The van der Waals surface area contributed by atoms with Crippen molar-refractivity contribution >= 4 is 11.6 Å². The lowest BCUT2D eigenvalue weighted by Crippen LogP contribution is -2.38. The SMILES string of the molecule is CCCCOc1c(C)cc(NC(=O)C2(c3ccc(F)cc3)CCCC2)cc1C. The largest absolute Gasteiger partial charge is 0.493 e. The average Bonchev–Trinajstić information content (AvgIpc) is 3.16. The minimum absolute atomic E-state index is 0.00457. The summed E-state index contributed by atoms with van der Waals surface area (Å²) < 4.78 is 19.3. The maximum Gasteiger partial charge on any atom is 0.235 e. The zero-order valence-electron chi connectivity index (χ0n) is 17.1. The van der Waals surface area contributed by atoms with Gasteiger partial charge in [-0.05, 0) is 74.1 Å². The van der Waals surface area contributed by atoms with Crippen LogP contribution in [-0.2, 0) is 10.2 Å². The van der Waals surface area contributed by atoms with Crippen molar-refractivity contribution < 1.29 is 13.9 Å². The van der Waals surface area contributed by atoms with Crippen LogP contribution in [0.15, 0.2) is 36.4 Å². The van der Waals surface area contributed by atoms with Gasteiger partial charge in [-0.2, -0.15) is 0 Å². The van der Waals surface area contributed by atoms with Crippen LogP contribution in [0.5, 0.6) is 5.75 Å². The second-order valence-corrected chi connectivity index (χ2v) is 7.89. The number of benzene rings is 2. The molecule has 0 unspecified atom stereocenters. The van der Waals surface area contributed by atoms with E-state index in [-0.39, 0.29) is 11.7 Å². The van der Waals surface area contributed by atoms with Gasteiger partial charge in [0.1, 0.15) is 11.6 Å². The van der Waals surface area contributed by atoms with Crippen molar-refractivity contribution in [1.82, 2.24) is 0 Å². The first kappa shape index (κ1) is 20.4. The number of nitrogens with one attached hydrogen (secondary N) is 1. The van der Waals surface area contributed by atoms with Crippen LogP contribution in [-0.4, -0.2) is 12.5 Å². The normalized spacial score (nSPS) is 15.4. The quantitative estimate of drug-likeness (QED) is 0.589. The van der Waals surface area contributed by atoms with Gasteiger partial charge in [0.25, 0.3) is 0 Å². The highest BCUT2D eigenvalue weighted by molar-refractivity contribution is 5.99. The zero-order chi connectivity index (χ0) is 20.1. The third-order valence-corrected chi connectivity index (χ3v) is 5.75. The van der Waals surface area contributed by atoms with Crippen LogP contribution < -0.4 is 10.1 Å². The Hall–Kier alpha value is -2.36. The molecular weight excluding hydrogens is 353 g/mol. The minimum atomic E-state index is -0.578. The highest BCUT2D eigenvalue weighted by atomic mass is 19.1. The maximum atomic E-state index is 13.4. The molecule has 1 aliphatic carbocycles. The molecule has 4 heteroatoms. The predicted octanol–water partition coefficient (Wildman–Crippen LogP) is 6.07. The van der Waals surface area contributed by atoms with E-state index in [0.717, 1.165) is 66.7 Å². The number of hydrogen-bond donors (Lipinski definition) is 1. The first-order valence-corrected chi connectivity index (χ1v) is 10.3. The van der Waals surface area contributed by atoms with Crippen molar-refractivity contribution in [3.8, 4) is 5.75 Å². The summed E-state index contributed by atoms with van der Waals surface area (Å²) in [5.74, 6) is 0.623. The molecular formula is C24H30FNO2. The number of carbonyl (C=O) groups excluding carboxylic acids is 1. The number of hydrogen-bond acceptors (Lipinski definition) is 2. The van der Waals surface area contributed by atoms with E-state index < -0.39 is 5.41 Å². The Kier molecular flexibility index (Phi) is 6.38. The molecule has 1 aliphatic rings. The predicted molar refractivity (Wildman–Crippen MR) is 111 cm³/mol. The molecule has 0 bridgehead atoms. The van der Waals surface area contributed by atoms with E-state index in [1.54, 1.807) is 12.1 Å². The zero-order valence-corrected chi connectivity index (χ0v) is 17.1. The highest BCUT2D eigenvalue weighted by Crippen LogP contribution is 2.42. The van der Waals surface area contributed by atoms with Crippen LogP contribution in [0.25, 0.3) is 0 Å². The molecule has 1 fully saturated rings. The molecule has 150 valence electrons. The molecule has 0 atom stereocenters. The number of unbranched alkanes of at least 4 members (excludes halogenated alkanes) is 1. The summed E-state index contributed by atoms with van der Waals surface area (Å²) in [6, 6.07) is 10.3. The number of amides is 1. The highest BCUT2D eigenvalue weighted by Gasteiger charge is 2.42. The van der Waals surface area contributed by atoms with Gasteiger partial charge in [0.15, 0.2) is 0 Å². The molecule has 1 saturated carbocycles. The molecule has 1 amide bonds. The average molecular weight is 384 g/mol. The number of anilines is 1. The molecule has 28 heavy (non-hydrogen) atoms. The lowest BCUT2D eigenvalue weighted by molar-refractivity contribution is -0.121. The van der Waals surface area contributed by atoms with Crippen LogP contribution in [0.4, 0.5) is 10.1 Å². The lowest BCUT2D eigenvalue weighted by Gasteiger charge is -2.28. The van der Waals surface area contributed by atoms with Gasteiger partial charge in [0.2, 0.25) is 5.91 Å². The number of rotatable bonds is 7. The van der Waals surface area contributed by atoms with Gasteiger partial charge in [-0.15, -0.1) is 0 Å². The Morgan fingerprint density at radius 3 is 2.29 bits per heavy atom. The molecule has 1 N–H and O–H groups in total. The number of ether oxygens (including phenoxy) is 1. The van der Waals surface area contributed by atoms with Crippen LogP contribution in [0.2, 0.25) is 0 Å². The second-order valence-electron chi connectivity index (χ2n) is 7.89. The molecule has 2 aromatic rings. The van der Waals surface area contributed by atoms with Gasteiger partial charge in [0.05, 0.1) is 12.0 Å². The first-order chi connectivity index (χ1) is 13.5. The van der Waals surface area contributed by atoms with Gasteiger partial charge >= 0.3 is 0 Å². The molecule has 3 nitrogen and oxygen atoms in total. The summed E-state index contributed by atoms with van der Waals surface area (Å²) >= 11 is 0. The Morgan fingerprint density at radius 2 is 1.71 bits per heavy atom. The fraction of sp³-hybridized carbons (Fsp3) is 0.458. The van der Waals surface area contributed by atoms with Crippen molar-refractivity contribution in [2.24, 2.45) is 0 Å². The molecule has 0 spiro atoms. The van der Waals surface area contributed by atoms with Gasteiger partial charge in [0, 0.05) is 5.69 Å².